The summed E-state index contributed by atoms with van der Waals surface area (Å²) < 4.78 is 33.5. The molecule has 8 nitrogen and oxygen atoms in total. The summed E-state index contributed by atoms with van der Waals surface area (Å²) in [5, 5.41) is 19.6. The maximum Gasteiger partial charge on any atom is 0.135 e. The molecule has 0 aliphatic rings. The zero-order chi connectivity index (χ0) is 71.8. The molecule has 0 N–H and O–H groups in total. The van der Waals surface area contributed by atoms with Crippen molar-refractivity contribution in [2.75, 3.05) is 0 Å². The second kappa shape index (κ2) is 24.8. The molecule has 24 aromatic rings. The van der Waals surface area contributed by atoms with E-state index in [4.69, 9.17) is 17.7 Å². The zero-order valence-corrected chi connectivity index (χ0v) is 59.8. The van der Waals surface area contributed by atoms with E-state index in [1.165, 1.54) is 109 Å². The van der Waals surface area contributed by atoms with Crippen LogP contribution in [0.5, 0.6) is 0 Å². The van der Waals surface area contributed by atoms with Crippen LogP contribution in [0, 0.1) is 27.7 Å². The Bertz CT molecular complexity index is 7630. The molecule has 0 saturated carbocycles. The molecule has 24 rings (SSSR count). The van der Waals surface area contributed by atoms with E-state index in [-0.39, 0.29) is 0 Å². The van der Waals surface area contributed by atoms with E-state index in [9.17, 15) is 0 Å². The topological polar surface area (TPSA) is 72.3 Å². The molecule has 0 aliphatic carbocycles. The van der Waals surface area contributed by atoms with Crippen LogP contribution >= 0.6 is 0 Å². The summed E-state index contributed by atoms with van der Waals surface area (Å²) >= 11 is 0. The lowest BCUT2D eigenvalue weighted by atomic mass is 10.1. The Balaban J connectivity index is 0.0000000919. The van der Waals surface area contributed by atoms with Crippen LogP contribution in [0.4, 0.5) is 0 Å². The molecule has 8 heteroatoms. The van der Waals surface area contributed by atoms with Gasteiger partial charge in [-0.15, -0.1) is 0 Å². The normalized spacial score (nSPS) is 11.9. The number of furan rings is 4. The fraction of sp³-hybridized carbons (Fsp3) is 0.0400. The number of hydrogen-bond donors (Lipinski definition) is 0. The third-order valence-electron chi connectivity index (χ3n) is 21.9. The number of aromatic nitrogens is 4. The number of aryl methyl sites for hydroxylation is 4. The summed E-state index contributed by atoms with van der Waals surface area (Å²) in [7, 11) is 0. The average molecular weight is 1390 g/mol. The quantitative estimate of drug-likeness (QED) is 0.176. The Labute approximate surface area is 619 Å². The van der Waals surface area contributed by atoms with Crippen LogP contribution in [0.15, 0.2) is 357 Å². The van der Waals surface area contributed by atoms with Gasteiger partial charge in [-0.1, -0.05) is 200 Å². The fourth-order valence-corrected chi connectivity index (χ4v) is 17.1. The van der Waals surface area contributed by atoms with E-state index in [1.807, 2.05) is 48.5 Å². The van der Waals surface area contributed by atoms with Crippen LogP contribution in [0.3, 0.4) is 0 Å². The van der Waals surface area contributed by atoms with Gasteiger partial charge in [0.2, 0.25) is 0 Å². The maximum atomic E-state index is 6.01. The molecule has 0 unspecified atom stereocenters. The number of nitrogens with zero attached hydrogens (tertiary/aromatic N) is 4. The summed E-state index contributed by atoms with van der Waals surface area (Å²) in [6.45, 7) is 8.67. The van der Waals surface area contributed by atoms with E-state index in [1.54, 1.807) is 0 Å². The third-order valence-corrected chi connectivity index (χ3v) is 21.9. The molecule has 0 bridgehead atoms. The molecule has 16 aromatic carbocycles. The number of benzene rings is 16. The highest BCUT2D eigenvalue weighted by Crippen LogP contribution is 2.42. The van der Waals surface area contributed by atoms with Gasteiger partial charge in [-0.05, 0) is 190 Å². The molecule has 0 saturated heterocycles. The van der Waals surface area contributed by atoms with E-state index in [0.29, 0.717) is 0 Å². The van der Waals surface area contributed by atoms with Crippen LogP contribution in [0.2, 0.25) is 0 Å². The monoisotopic (exact) mass is 1390 g/mol. The van der Waals surface area contributed by atoms with Crippen LogP contribution < -0.4 is 0 Å². The minimum Gasteiger partial charge on any atom is -0.456 e. The fourth-order valence-electron chi connectivity index (χ4n) is 17.1. The molecule has 0 atom stereocenters. The van der Waals surface area contributed by atoms with Gasteiger partial charge in [0.1, 0.15) is 44.7 Å². The molecular weight excluding hydrogens is 1320 g/mol. The molecule has 0 radical (unpaired) electrons. The minimum atomic E-state index is 0.927. The Kier molecular flexibility index (Phi) is 14.3. The zero-order valence-electron chi connectivity index (χ0n) is 59.8. The van der Waals surface area contributed by atoms with Crippen molar-refractivity contribution in [2.24, 2.45) is 0 Å². The first kappa shape index (κ1) is 62.5. The molecule has 8 aromatic heterocycles. The minimum absolute atomic E-state index is 0.927. The number of para-hydroxylation sites is 9. The SMILES string of the molecule is Cc1ccc2c(c1)c1ccccc1n2-c1ccc2oc3ccccc3c2c1.Cc1ccc2c3ccccc3n(-c3ccc4oc5ccccc5c4c3)c2c1.Cc1cccc2c1c1ccccc1n2-c1ccc2oc3ccccc3c2c1.Cc1cccc2c3ccccc3n(-c3ccc4oc5ccccc5c4c3)c12. The lowest BCUT2D eigenvalue weighted by molar-refractivity contribution is 0.668. The Hall–Kier alpha value is -14.1. The van der Waals surface area contributed by atoms with Gasteiger partial charge in [0.05, 0.1) is 44.1 Å². The van der Waals surface area contributed by atoms with Crippen molar-refractivity contribution in [1.82, 2.24) is 18.3 Å². The molecule has 8 heterocycles. The highest BCUT2D eigenvalue weighted by atomic mass is 16.3. The molecule has 512 valence electrons. The first-order chi connectivity index (χ1) is 53.2. The van der Waals surface area contributed by atoms with Gasteiger partial charge in [-0.3, -0.25) is 0 Å². The second-order valence-corrected chi connectivity index (χ2v) is 28.5. The summed E-state index contributed by atoms with van der Waals surface area (Å²) in [5.74, 6) is 0. The van der Waals surface area contributed by atoms with Gasteiger partial charge in [-0.25, -0.2) is 0 Å². The second-order valence-electron chi connectivity index (χ2n) is 28.5. The Morgan fingerprint density at radius 1 is 0.176 bits per heavy atom. The smallest absolute Gasteiger partial charge is 0.135 e. The first-order valence-corrected chi connectivity index (χ1v) is 36.9. The van der Waals surface area contributed by atoms with Crippen molar-refractivity contribution < 1.29 is 17.7 Å². The summed E-state index contributed by atoms with van der Waals surface area (Å²) in [4.78, 5) is 0. The molecule has 0 aliphatic heterocycles. The van der Waals surface area contributed by atoms with Crippen molar-refractivity contribution >= 4 is 175 Å². The third kappa shape index (κ3) is 9.98. The van der Waals surface area contributed by atoms with E-state index in [0.717, 1.165) is 111 Å². The van der Waals surface area contributed by atoms with Crippen LogP contribution in [-0.2, 0) is 0 Å². The van der Waals surface area contributed by atoms with Crippen molar-refractivity contribution in [1.29, 1.82) is 0 Å². The van der Waals surface area contributed by atoms with Gasteiger partial charge in [0, 0.05) is 109 Å². The highest BCUT2D eigenvalue weighted by Gasteiger charge is 2.21. The predicted octanol–water partition coefficient (Wildman–Crippen LogP) is 28.0. The lowest BCUT2D eigenvalue weighted by Crippen LogP contribution is -1.94. The van der Waals surface area contributed by atoms with E-state index < -0.39 is 0 Å². The van der Waals surface area contributed by atoms with Crippen LogP contribution in [0.25, 0.3) is 198 Å². The van der Waals surface area contributed by atoms with Gasteiger partial charge in [0.15, 0.2) is 0 Å². The van der Waals surface area contributed by atoms with Gasteiger partial charge in [-0.2, -0.15) is 0 Å². The number of hydrogen-bond acceptors (Lipinski definition) is 4. The molecule has 0 amide bonds. The maximum absolute atomic E-state index is 6.01. The predicted molar refractivity (Wildman–Crippen MR) is 451 cm³/mol. The van der Waals surface area contributed by atoms with Gasteiger partial charge in [0.25, 0.3) is 0 Å². The molecular formula is C100H68N4O4. The Morgan fingerprint density at radius 3 is 0.972 bits per heavy atom. The van der Waals surface area contributed by atoms with Crippen LogP contribution in [-0.4, -0.2) is 18.3 Å². The van der Waals surface area contributed by atoms with Gasteiger partial charge >= 0.3 is 0 Å². The number of rotatable bonds is 4. The highest BCUT2D eigenvalue weighted by molar-refractivity contribution is 6.16. The number of fused-ring (bicyclic) bond motifs is 24. The van der Waals surface area contributed by atoms with Crippen molar-refractivity contribution in [3.05, 3.63) is 362 Å². The summed E-state index contributed by atoms with van der Waals surface area (Å²) in [5.41, 5.74) is 27.1. The largest absolute Gasteiger partial charge is 0.456 e. The molecule has 0 fully saturated rings. The van der Waals surface area contributed by atoms with Crippen molar-refractivity contribution in [2.45, 2.75) is 27.7 Å². The Morgan fingerprint density at radius 2 is 0.481 bits per heavy atom. The lowest BCUT2D eigenvalue weighted by Gasteiger charge is -2.09. The van der Waals surface area contributed by atoms with E-state index in [2.05, 4.69) is 337 Å². The molecule has 0 spiro atoms. The molecule has 108 heavy (non-hydrogen) atoms. The average Bonchev–Trinajstić information content (AvgIpc) is 1.61. The van der Waals surface area contributed by atoms with Crippen molar-refractivity contribution in [3.8, 4) is 22.7 Å². The van der Waals surface area contributed by atoms with E-state index >= 15 is 0 Å². The van der Waals surface area contributed by atoms with Crippen LogP contribution in [0.1, 0.15) is 22.3 Å². The van der Waals surface area contributed by atoms with Crippen molar-refractivity contribution in [3.63, 3.8) is 0 Å². The first-order valence-electron chi connectivity index (χ1n) is 36.9. The standard InChI is InChI=1S/4C25H17NO/c1-16-7-6-11-22-25(16)19-9-2-4-10-21(19)26(22)17-13-14-24-20(15-17)18-8-3-5-12-23(18)27-24;1-16-7-6-10-20-18-8-2-4-11-22(18)26(25(16)20)17-13-14-24-21(15-17)19-9-3-5-12-23(19)27-24;1-16-10-12-19-18-6-2-4-8-22(18)26(23(19)14-16)17-11-13-25-21(15-17)20-7-3-5-9-24(20)27-25;1-16-10-12-23-20(14-16)18-6-2-4-8-22(18)26(23)17-11-13-25-21(15-17)19-7-3-5-9-24(19)27-25/h4*2-15H,1H3. The summed E-state index contributed by atoms with van der Waals surface area (Å²) in [6.07, 6.45) is 0. The summed E-state index contributed by atoms with van der Waals surface area (Å²) in [6, 6.07) is 120. The van der Waals surface area contributed by atoms with Gasteiger partial charge < -0.3 is 35.9 Å².